The molecule has 0 amide bonds. The van der Waals surface area contributed by atoms with E-state index in [4.69, 9.17) is 15.0 Å². The molecule has 8 aromatic carbocycles. The van der Waals surface area contributed by atoms with Gasteiger partial charge < -0.3 is 0 Å². The predicted molar refractivity (Wildman–Crippen MR) is 226 cm³/mol. The number of hydrogen-bond acceptors (Lipinski definition) is 4. The van der Waals surface area contributed by atoms with Gasteiger partial charge in [0.25, 0.3) is 0 Å². The summed E-state index contributed by atoms with van der Waals surface area (Å²) in [6.45, 7) is 0. The Morgan fingerprint density at radius 3 is 1.80 bits per heavy atom. The first-order chi connectivity index (χ1) is 27.3. The Morgan fingerprint density at radius 1 is 0.400 bits per heavy atom. The van der Waals surface area contributed by atoms with Crippen molar-refractivity contribution in [2.24, 2.45) is 0 Å². The van der Waals surface area contributed by atoms with Gasteiger partial charge in [0, 0.05) is 37.1 Å². The molecule has 1 aliphatic rings. The predicted octanol–water partition coefficient (Wildman–Crippen LogP) is 12.7. The van der Waals surface area contributed by atoms with Crippen molar-refractivity contribution >= 4 is 66.1 Å². The molecule has 55 heavy (non-hydrogen) atoms. The van der Waals surface area contributed by atoms with E-state index < -0.39 is 0 Å². The lowest BCUT2D eigenvalue weighted by atomic mass is 9.97. The van der Waals surface area contributed by atoms with Crippen molar-refractivity contribution in [2.75, 3.05) is 0 Å². The van der Waals surface area contributed by atoms with E-state index in [-0.39, 0.29) is 0 Å². The monoisotopic (exact) mass is 719 g/mol. The first kappa shape index (κ1) is 30.4. The molecular weight excluding hydrogens is 691 g/mol. The molecule has 11 aromatic rings. The van der Waals surface area contributed by atoms with Crippen LogP contribution in [0.25, 0.3) is 99.9 Å². The maximum absolute atomic E-state index is 5.39. The fraction of sp³-hybridized carbons (Fsp3) is 0. The molecule has 6 heteroatoms. The molecule has 0 saturated carbocycles. The molecule has 5 nitrogen and oxygen atoms in total. The molecule has 0 fully saturated rings. The Morgan fingerprint density at radius 2 is 0.982 bits per heavy atom. The quantitative estimate of drug-likeness (QED) is 0.182. The summed E-state index contributed by atoms with van der Waals surface area (Å²) >= 11 is 1.83. The lowest BCUT2D eigenvalue weighted by Gasteiger charge is -2.20. The fourth-order valence-corrected chi connectivity index (χ4v) is 9.63. The highest BCUT2D eigenvalue weighted by atomic mass is 32.2. The maximum atomic E-state index is 5.39. The average Bonchev–Trinajstić information content (AvgIpc) is 3.77. The molecule has 0 spiro atoms. The van der Waals surface area contributed by atoms with Gasteiger partial charge in [-0.1, -0.05) is 163 Å². The summed E-state index contributed by atoms with van der Waals surface area (Å²) in [6, 6.07) is 62.4. The van der Waals surface area contributed by atoms with Gasteiger partial charge in [-0.2, -0.15) is 9.97 Å². The highest BCUT2D eigenvalue weighted by Crippen LogP contribution is 2.49. The highest BCUT2D eigenvalue weighted by Gasteiger charge is 2.29. The molecule has 4 heterocycles. The zero-order valence-electron chi connectivity index (χ0n) is 29.4. The lowest BCUT2D eigenvalue weighted by molar-refractivity contribution is 0.927. The number of benzene rings is 8. The molecule has 0 unspecified atom stereocenters. The zero-order chi connectivity index (χ0) is 36.0. The van der Waals surface area contributed by atoms with Crippen molar-refractivity contribution in [1.82, 2.24) is 24.1 Å². The van der Waals surface area contributed by atoms with E-state index in [0.29, 0.717) is 17.6 Å². The maximum Gasteiger partial charge on any atom is 0.239 e. The Balaban J connectivity index is 1.15. The van der Waals surface area contributed by atoms with E-state index >= 15 is 0 Å². The Kier molecular flexibility index (Phi) is 6.50. The van der Waals surface area contributed by atoms with Crippen LogP contribution >= 0.6 is 11.8 Å². The summed E-state index contributed by atoms with van der Waals surface area (Å²) in [4.78, 5) is 18.5. The summed E-state index contributed by atoms with van der Waals surface area (Å²) in [5, 5.41) is 8.27. The molecule has 0 atom stereocenters. The highest BCUT2D eigenvalue weighted by molar-refractivity contribution is 7.99. The van der Waals surface area contributed by atoms with E-state index in [0.717, 1.165) is 49.7 Å². The molecular formula is C49H29N5S. The van der Waals surface area contributed by atoms with Gasteiger partial charge >= 0.3 is 0 Å². The number of fused-ring (bicyclic) bond motifs is 9. The standard InChI is InChI=1S/C49H29N5S/c1-3-16-34-30(12-1)14-9-19-35(34)32-26-28-33(29-27-32)46-50-47(37-20-10-15-31-13-2-4-17-36(31)37)52-49(51-46)54-40-22-6-5-18-38(40)44-39-21-11-25-43-45(39)53(48(44)54)41-23-7-8-24-42(41)55-43/h1-29H. The number of nitrogens with zero attached hydrogens (tertiary/aromatic N) is 5. The van der Waals surface area contributed by atoms with Gasteiger partial charge in [-0.3, -0.25) is 9.13 Å². The van der Waals surface area contributed by atoms with Gasteiger partial charge in [-0.05, 0) is 56.9 Å². The first-order valence-corrected chi connectivity index (χ1v) is 19.3. The average molecular weight is 720 g/mol. The number of aromatic nitrogens is 5. The fourth-order valence-electron chi connectivity index (χ4n) is 8.54. The molecule has 0 aliphatic carbocycles. The first-order valence-electron chi connectivity index (χ1n) is 18.5. The van der Waals surface area contributed by atoms with Crippen LogP contribution in [0.1, 0.15) is 0 Å². The molecule has 0 N–H and O–H groups in total. The minimum atomic E-state index is 0.577. The number of hydrogen-bond donors (Lipinski definition) is 0. The summed E-state index contributed by atoms with van der Waals surface area (Å²) in [5.74, 6) is 1.83. The lowest BCUT2D eigenvalue weighted by Crippen LogP contribution is -2.10. The van der Waals surface area contributed by atoms with Gasteiger partial charge in [-0.15, -0.1) is 0 Å². The van der Waals surface area contributed by atoms with E-state index in [1.165, 1.54) is 42.4 Å². The van der Waals surface area contributed by atoms with Gasteiger partial charge in [0.1, 0.15) is 5.65 Å². The van der Waals surface area contributed by atoms with Gasteiger partial charge in [0.05, 0.1) is 16.7 Å². The van der Waals surface area contributed by atoms with Crippen molar-refractivity contribution in [3.63, 3.8) is 0 Å². The van der Waals surface area contributed by atoms with Gasteiger partial charge in [0.2, 0.25) is 5.95 Å². The van der Waals surface area contributed by atoms with Crippen LogP contribution in [-0.2, 0) is 0 Å². The third-order valence-electron chi connectivity index (χ3n) is 11.0. The van der Waals surface area contributed by atoms with Crippen LogP contribution in [0.3, 0.4) is 0 Å². The van der Waals surface area contributed by atoms with Crippen LogP contribution in [0.15, 0.2) is 186 Å². The van der Waals surface area contributed by atoms with Crippen molar-refractivity contribution < 1.29 is 0 Å². The topological polar surface area (TPSA) is 48.5 Å². The normalized spacial score (nSPS) is 12.3. The van der Waals surface area contributed by atoms with Crippen LogP contribution in [0.2, 0.25) is 0 Å². The molecule has 256 valence electrons. The third kappa shape index (κ3) is 4.52. The molecule has 0 radical (unpaired) electrons. The molecule has 12 rings (SSSR count). The van der Waals surface area contributed by atoms with E-state index in [1.54, 1.807) is 0 Å². The molecule has 0 bridgehead atoms. The SMILES string of the molecule is c1ccc2c(c1)Sc1cccc3c4c5ccccc5n(-c5nc(-c6ccc(-c7cccc8ccccc78)cc6)nc(-c6cccc7ccccc67)n5)c4n-2c13. The van der Waals surface area contributed by atoms with Crippen LogP contribution in [0.5, 0.6) is 0 Å². The minimum Gasteiger partial charge on any atom is -0.293 e. The van der Waals surface area contributed by atoms with Crippen molar-refractivity contribution in [2.45, 2.75) is 9.79 Å². The third-order valence-corrected chi connectivity index (χ3v) is 12.1. The van der Waals surface area contributed by atoms with Gasteiger partial charge in [-0.25, -0.2) is 4.98 Å². The second kappa shape index (κ2) is 11.7. The summed E-state index contributed by atoms with van der Waals surface area (Å²) < 4.78 is 4.68. The van der Waals surface area contributed by atoms with Crippen LogP contribution < -0.4 is 0 Å². The van der Waals surface area contributed by atoms with Crippen molar-refractivity contribution in [3.05, 3.63) is 176 Å². The van der Waals surface area contributed by atoms with Crippen LogP contribution in [0.4, 0.5) is 0 Å². The van der Waals surface area contributed by atoms with Crippen molar-refractivity contribution in [1.29, 1.82) is 0 Å². The van der Waals surface area contributed by atoms with E-state index in [9.17, 15) is 0 Å². The molecule has 1 aliphatic heterocycles. The van der Waals surface area contributed by atoms with Crippen LogP contribution in [0, 0.1) is 0 Å². The number of para-hydroxylation sites is 3. The van der Waals surface area contributed by atoms with Gasteiger partial charge in [0.15, 0.2) is 11.6 Å². The summed E-state index contributed by atoms with van der Waals surface area (Å²) in [6.07, 6.45) is 0. The number of rotatable bonds is 4. The molecule has 3 aromatic heterocycles. The van der Waals surface area contributed by atoms with E-state index in [2.05, 4.69) is 185 Å². The van der Waals surface area contributed by atoms with E-state index in [1.807, 2.05) is 11.8 Å². The molecule has 0 saturated heterocycles. The summed E-state index contributed by atoms with van der Waals surface area (Å²) in [7, 11) is 0. The second-order valence-electron chi connectivity index (χ2n) is 14.0. The Hall–Kier alpha value is -7.02. The van der Waals surface area contributed by atoms with Crippen LogP contribution in [-0.4, -0.2) is 24.1 Å². The van der Waals surface area contributed by atoms with Crippen molar-refractivity contribution in [3.8, 4) is 45.5 Å². The Bertz CT molecular complexity index is 3350. The largest absolute Gasteiger partial charge is 0.293 e. The zero-order valence-corrected chi connectivity index (χ0v) is 30.2. The summed E-state index contributed by atoms with van der Waals surface area (Å²) in [5.41, 5.74) is 8.70. The second-order valence-corrected chi connectivity index (χ2v) is 15.1. The Labute approximate surface area is 320 Å². The minimum absolute atomic E-state index is 0.577. The smallest absolute Gasteiger partial charge is 0.239 e.